The van der Waals surface area contributed by atoms with E-state index < -0.39 is 11.5 Å². The molecule has 8 heteroatoms. The maximum Gasteiger partial charge on any atom is 0.343 e. The molecule has 1 unspecified atom stereocenters. The SMILES string of the molecule is CCn1c(SCC(C)(N)C(=O)O)n[nH]c1=O. The highest BCUT2D eigenvalue weighted by atomic mass is 32.2. The van der Waals surface area contributed by atoms with Crippen molar-refractivity contribution in [3.8, 4) is 0 Å². The zero-order valence-electron chi connectivity index (χ0n) is 9.06. The number of H-pyrrole nitrogens is 1. The number of hydrogen-bond donors (Lipinski definition) is 3. The standard InChI is InChI=1S/C8H14N4O3S/c1-3-12-6(15)10-11-7(12)16-4-8(2,9)5(13)14/h3-4,9H2,1-2H3,(H,10,15)(H,13,14). The second-order valence-corrected chi connectivity index (χ2v) is 4.51. The smallest absolute Gasteiger partial charge is 0.343 e. The minimum atomic E-state index is -1.34. The van der Waals surface area contributed by atoms with Crippen LogP contribution in [0.15, 0.2) is 9.95 Å². The summed E-state index contributed by atoms with van der Waals surface area (Å²) in [4.78, 5) is 22.0. The Bertz CT molecular complexity index is 437. The molecule has 1 rings (SSSR count). The summed E-state index contributed by atoms with van der Waals surface area (Å²) in [5, 5.41) is 15.4. The van der Waals surface area contributed by atoms with Crippen molar-refractivity contribution in [2.45, 2.75) is 31.1 Å². The second-order valence-electron chi connectivity index (χ2n) is 3.57. The molecule has 0 saturated carbocycles. The Morgan fingerprint density at radius 1 is 1.75 bits per heavy atom. The molecule has 0 aliphatic rings. The summed E-state index contributed by atoms with van der Waals surface area (Å²) >= 11 is 1.14. The van der Waals surface area contributed by atoms with Crippen molar-refractivity contribution in [2.24, 2.45) is 5.73 Å². The Labute approximate surface area is 96.0 Å². The summed E-state index contributed by atoms with van der Waals surface area (Å²) in [5.74, 6) is -0.937. The molecule has 0 radical (unpaired) electrons. The third-order valence-corrected chi connectivity index (χ3v) is 3.34. The molecule has 16 heavy (non-hydrogen) atoms. The van der Waals surface area contributed by atoms with Crippen LogP contribution in [0.25, 0.3) is 0 Å². The van der Waals surface area contributed by atoms with Crippen LogP contribution in [0.1, 0.15) is 13.8 Å². The van der Waals surface area contributed by atoms with Gasteiger partial charge in [-0.05, 0) is 13.8 Å². The highest BCUT2D eigenvalue weighted by molar-refractivity contribution is 7.99. The molecule has 1 aromatic rings. The number of aromatic nitrogens is 3. The number of thioether (sulfide) groups is 1. The molecule has 0 amide bonds. The molecule has 0 aromatic carbocycles. The fourth-order valence-electron chi connectivity index (χ4n) is 0.968. The molecule has 1 heterocycles. The lowest BCUT2D eigenvalue weighted by molar-refractivity contribution is -0.141. The van der Waals surface area contributed by atoms with E-state index >= 15 is 0 Å². The molecular formula is C8H14N4O3S. The Morgan fingerprint density at radius 2 is 2.38 bits per heavy atom. The van der Waals surface area contributed by atoms with Crippen LogP contribution < -0.4 is 11.4 Å². The quantitative estimate of drug-likeness (QED) is 0.603. The molecule has 0 saturated heterocycles. The van der Waals surface area contributed by atoms with Crippen molar-refractivity contribution in [1.82, 2.24) is 14.8 Å². The second kappa shape index (κ2) is 4.71. The molecular weight excluding hydrogens is 232 g/mol. The Balaban J connectivity index is 2.75. The summed E-state index contributed by atoms with van der Waals surface area (Å²) in [6.45, 7) is 3.70. The average molecular weight is 246 g/mol. The highest BCUT2D eigenvalue weighted by Crippen LogP contribution is 2.18. The van der Waals surface area contributed by atoms with Crippen LogP contribution in [-0.2, 0) is 11.3 Å². The van der Waals surface area contributed by atoms with Crippen LogP contribution in [0.3, 0.4) is 0 Å². The number of nitrogens with two attached hydrogens (primary N) is 1. The van der Waals surface area contributed by atoms with Crippen molar-refractivity contribution in [1.29, 1.82) is 0 Å². The van der Waals surface area contributed by atoms with Crippen LogP contribution in [0.2, 0.25) is 0 Å². The topological polar surface area (TPSA) is 114 Å². The van der Waals surface area contributed by atoms with E-state index in [1.54, 1.807) is 6.92 Å². The number of carbonyl (C=O) groups is 1. The number of carboxylic acids is 1. The zero-order valence-corrected chi connectivity index (χ0v) is 9.87. The van der Waals surface area contributed by atoms with E-state index in [1.807, 2.05) is 0 Å². The number of carboxylic acid groups (broad SMARTS) is 1. The van der Waals surface area contributed by atoms with Gasteiger partial charge in [-0.25, -0.2) is 9.89 Å². The summed E-state index contributed by atoms with van der Waals surface area (Å²) in [5.41, 5.74) is 3.92. The molecule has 1 aromatic heterocycles. The van der Waals surface area contributed by atoms with Crippen LogP contribution in [0, 0.1) is 0 Å². The average Bonchev–Trinajstić information content (AvgIpc) is 2.56. The molecule has 0 aliphatic carbocycles. The van der Waals surface area contributed by atoms with E-state index in [0.717, 1.165) is 11.8 Å². The third kappa shape index (κ3) is 2.64. The molecule has 0 spiro atoms. The lowest BCUT2D eigenvalue weighted by Gasteiger charge is -2.17. The van der Waals surface area contributed by atoms with Crippen molar-refractivity contribution in [3.63, 3.8) is 0 Å². The van der Waals surface area contributed by atoms with Crippen LogP contribution in [-0.4, -0.2) is 37.1 Å². The van der Waals surface area contributed by atoms with Gasteiger partial charge in [-0.3, -0.25) is 9.36 Å². The van der Waals surface area contributed by atoms with Gasteiger partial charge in [0.2, 0.25) is 0 Å². The van der Waals surface area contributed by atoms with Crippen molar-refractivity contribution >= 4 is 17.7 Å². The van der Waals surface area contributed by atoms with Gasteiger partial charge in [-0.15, -0.1) is 5.10 Å². The number of aliphatic carboxylic acids is 1. The van der Waals surface area contributed by atoms with Crippen molar-refractivity contribution in [3.05, 3.63) is 10.5 Å². The first-order chi connectivity index (χ1) is 7.38. The fourth-order valence-corrected chi connectivity index (χ4v) is 2.00. The third-order valence-electron chi connectivity index (χ3n) is 2.03. The Kier molecular flexibility index (Phi) is 3.76. The van der Waals surface area contributed by atoms with Gasteiger partial charge in [0.1, 0.15) is 5.54 Å². The minimum Gasteiger partial charge on any atom is -0.480 e. The number of nitrogens with zero attached hydrogens (tertiary/aromatic N) is 2. The summed E-state index contributed by atoms with van der Waals surface area (Å²) in [6, 6.07) is 0. The minimum absolute atomic E-state index is 0.145. The first kappa shape index (κ1) is 12.8. The monoisotopic (exact) mass is 246 g/mol. The van der Waals surface area contributed by atoms with E-state index in [4.69, 9.17) is 10.8 Å². The van der Waals surface area contributed by atoms with Crippen molar-refractivity contribution < 1.29 is 9.90 Å². The summed E-state index contributed by atoms with van der Waals surface area (Å²) in [6.07, 6.45) is 0. The number of rotatable bonds is 5. The van der Waals surface area contributed by atoms with E-state index in [2.05, 4.69) is 10.2 Å². The number of aromatic amines is 1. The predicted molar refractivity (Wildman–Crippen MR) is 59.5 cm³/mol. The number of nitrogens with one attached hydrogen (secondary N) is 1. The number of hydrogen-bond acceptors (Lipinski definition) is 5. The molecule has 0 aliphatic heterocycles. The van der Waals surface area contributed by atoms with Crippen LogP contribution in [0.5, 0.6) is 0 Å². The van der Waals surface area contributed by atoms with E-state index in [0.29, 0.717) is 11.7 Å². The molecule has 90 valence electrons. The maximum atomic E-state index is 11.2. The molecule has 4 N–H and O–H groups in total. The van der Waals surface area contributed by atoms with Gasteiger partial charge < -0.3 is 10.8 Å². The van der Waals surface area contributed by atoms with Gasteiger partial charge in [-0.1, -0.05) is 11.8 Å². The highest BCUT2D eigenvalue weighted by Gasteiger charge is 2.28. The molecule has 1 atom stereocenters. The maximum absolute atomic E-state index is 11.2. The Hall–Kier alpha value is -1.28. The van der Waals surface area contributed by atoms with Crippen molar-refractivity contribution in [2.75, 3.05) is 5.75 Å². The largest absolute Gasteiger partial charge is 0.480 e. The zero-order chi connectivity index (χ0) is 12.3. The first-order valence-electron chi connectivity index (χ1n) is 4.68. The lowest BCUT2D eigenvalue weighted by atomic mass is 10.1. The van der Waals surface area contributed by atoms with Crippen LogP contribution >= 0.6 is 11.8 Å². The predicted octanol–water partition coefficient (Wildman–Crippen LogP) is -0.515. The molecule has 7 nitrogen and oxygen atoms in total. The van der Waals surface area contributed by atoms with Gasteiger partial charge in [0, 0.05) is 12.3 Å². The Morgan fingerprint density at radius 3 is 2.88 bits per heavy atom. The van der Waals surface area contributed by atoms with Gasteiger partial charge in [0.25, 0.3) is 0 Å². The fraction of sp³-hybridized carbons (Fsp3) is 0.625. The van der Waals surface area contributed by atoms with Gasteiger partial charge in [-0.2, -0.15) is 0 Å². The van der Waals surface area contributed by atoms with E-state index in [9.17, 15) is 9.59 Å². The normalized spacial score (nSPS) is 14.7. The first-order valence-corrected chi connectivity index (χ1v) is 5.67. The lowest BCUT2D eigenvalue weighted by Crippen LogP contribution is -2.47. The summed E-state index contributed by atoms with van der Waals surface area (Å²) < 4.78 is 1.42. The van der Waals surface area contributed by atoms with Gasteiger partial charge >= 0.3 is 11.7 Å². The summed E-state index contributed by atoms with van der Waals surface area (Å²) in [7, 11) is 0. The van der Waals surface area contributed by atoms with Crippen LogP contribution in [0.4, 0.5) is 0 Å². The van der Waals surface area contributed by atoms with Gasteiger partial charge in [0.05, 0.1) is 0 Å². The van der Waals surface area contributed by atoms with E-state index in [1.165, 1.54) is 11.5 Å². The van der Waals surface area contributed by atoms with E-state index in [-0.39, 0.29) is 11.4 Å². The molecule has 0 fully saturated rings. The van der Waals surface area contributed by atoms with Gasteiger partial charge in [0.15, 0.2) is 5.16 Å². The molecule has 0 bridgehead atoms.